The first-order chi connectivity index (χ1) is 7.57. The van der Waals surface area contributed by atoms with E-state index in [1.807, 2.05) is 6.92 Å². The van der Waals surface area contributed by atoms with Crippen molar-refractivity contribution in [2.45, 2.75) is 26.4 Å². The first-order valence-electron chi connectivity index (χ1n) is 5.50. The molecule has 0 bridgehead atoms. The van der Waals surface area contributed by atoms with Crippen molar-refractivity contribution < 1.29 is 14.2 Å². The molecule has 0 aliphatic rings. The van der Waals surface area contributed by atoms with Crippen molar-refractivity contribution in [2.75, 3.05) is 13.7 Å². The minimum atomic E-state index is -0.768. The SMILES string of the molecule is COCCC(C)C(O)c1cccc(C)c1F. The highest BCUT2D eigenvalue weighted by molar-refractivity contribution is 5.26. The summed E-state index contributed by atoms with van der Waals surface area (Å²) in [6.45, 7) is 4.17. The van der Waals surface area contributed by atoms with Crippen molar-refractivity contribution in [1.82, 2.24) is 0 Å². The number of aryl methyl sites for hydroxylation is 1. The van der Waals surface area contributed by atoms with Crippen LogP contribution in [-0.4, -0.2) is 18.8 Å². The summed E-state index contributed by atoms with van der Waals surface area (Å²) in [6, 6.07) is 5.10. The summed E-state index contributed by atoms with van der Waals surface area (Å²) in [6.07, 6.45) is -0.0551. The lowest BCUT2D eigenvalue weighted by Gasteiger charge is -2.19. The van der Waals surface area contributed by atoms with E-state index in [4.69, 9.17) is 4.74 Å². The van der Waals surface area contributed by atoms with Crippen LogP contribution >= 0.6 is 0 Å². The first kappa shape index (κ1) is 13.1. The Morgan fingerprint density at radius 2 is 2.12 bits per heavy atom. The first-order valence-corrected chi connectivity index (χ1v) is 5.50. The third-order valence-corrected chi connectivity index (χ3v) is 2.86. The van der Waals surface area contributed by atoms with E-state index in [0.29, 0.717) is 24.2 Å². The Morgan fingerprint density at radius 1 is 1.44 bits per heavy atom. The molecule has 0 saturated heterocycles. The van der Waals surface area contributed by atoms with E-state index >= 15 is 0 Å². The summed E-state index contributed by atoms with van der Waals surface area (Å²) in [5.41, 5.74) is 0.944. The molecule has 2 nitrogen and oxygen atoms in total. The molecule has 90 valence electrons. The maximum atomic E-state index is 13.7. The Balaban J connectivity index is 2.79. The fraction of sp³-hybridized carbons (Fsp3) is 0.538. The van der Waals surface area contributed by atoms with Crippen molar-refractivity contribution in [2.24, 2.45) is 5.92 Å². The predicted molar refractivity (Wildman–Crippen MR) is 61.8 cm³/mol. The molecule has 16 heavy (non-hydrogen) atoms. The zero-order chi connectivity index (χ0) is 12.1. The molecular weight excluding hydrogens is 207 g/mol. The van der Waals surface area contributed by atoms with Crippen LogP contribution in [0.25, 0.3) is 0 Å². The summed E-state index contributed by atoms with van der Waals surface area (Å²) >= 11 is 0. The van der Waals surface area contributed by atoms with Crippen LogP contribution in [0.4, 0.5) is 4.39 Å². The Kier molecular flexibility index (Phi) is 4.90. The van der Waals surface area contributed by atoms with Crippen LogP contribution in [0.2, 0.25) is 0 Å². The van der Waals surface area contributed by atoms with Crippen molar-refractivity contribution in [3.63, 3.8) is 0 Å². The van der Waals surface area contributed by atoms with Crippen molar-refractivity contribution in [1.29, 1.82) is 0 Å². The number of halogens is 1. The fourth-order valence-corrected chi connectivity index (χ4v) is 1.67. The monoisotopic (exact) mass is 226 g/mol. The zero-order valence-electron chi connectivity index (χ0n) is 10.0. The van der Waals surface area contributed by atoms with Crippen LogP contribution in [0.5, 0.6) is 0 Å². The van der Waals surface area contributed by atoms with Gasteiger partial charge >= 0.3 is 0 Å². The van der Waals surface area contributed by atoms with Gasteiger partial charge in [-0.15, -0.1) is 0 Å². The molecule has 0 saturated carbocycles. The summed E-state index contributed by atoms with van der Waals surface area (Å²) in [5, 5.41) is 10.0. The molecule has 1 aromatic rings. The maximum absolute atomic E-state index is 13.7. The van der Waals surface area contributed by atoms with Gasteiger partial charge in [0.1, 0.15) is 5.82 Å². The van der Waals surface area contributed by atoms with Gasteiger partial charge in [0.2, 0.25) is 0 Å². The van der Waals surface area contributed by atoms with Gasteiger partial charge in [0, 0.05) is 19.3 Å². The average Bonchev–Trinajstić information content (AvgIpc) is 2.28. The molecule has 0 radical (unpaired) electrons. The number of aliphatic hydroxyl groups is 1. The topological polar surface area (TPSA) is 29.5 Å². The molecule has 0 aliphatic carbocycles. The van der Waals surface area contributed by atoms with E-state index in [-0.39, 0.29) is 11.7 Å². The zero-order valence-corrected chi connectivity index (χ0v) is 10.0. The highest BCUT2D eigenvalue weighted by Crippen LogP contribution is 2.27. The van der Waals surface area contributed by atoms with Crippen LogP contribution in [-0.2, 0) is 4.74 Å². The van der Waals surface area contributed by atoms with Crippen LogP contribution in [0.15, 0.2) is 18.2 Å². The summed E-state index contributed by atoms with van der Waals surface area (Å²) in [7, 11) is 1.62. The molecular formula is C13H19FO2. The van der Waals surface area contributed by atoms with Gasteiger partial charge < -0.3 is 9.84 Å². The number of hydrogen-bond acceptors (Lipinski definition) is 2. The van der Waals surface area contributed by atoms with E-state index in [1.165, 1.54) is 0 Å². The number of methoxy groups -OCH3 is 1. The number of rotatable bonds is 5. The number of aliphatic hydroxyl groups excluding tert-OH is 1. The molecule has 0 aliphatic heterocycles. The van der Waals surface area contributed by atoms with E-state index in [0.717, 1.165) is 0 Å². The van der Waals surface area contributed by atoms with Gasteiger partial charge in [0.25, 0.3) is 0 Å². The lowest BCUT2D eigenvalue weighted by atomic mass is 9.93. The number of ether oxygens (including phenoxy) is 1. The van der Waals surface area contributed by atoms with Crippen molar-refractivity contribution in [3.05, 3.63) is 35.1 Å². The molecule has 1 N–H and O–H groups in total. The molecule has 1 aromatic carbocycles. The molecule has 2 unspecified atom stereocenters. The normalized spacial score (nSPS) is 14.8. The highest BCUT2D eigenvalue weighted by Gasteiger charge is 2.20. The van der Waals surface area contributed by atoms with Gasteiger partial charge in [0.15, 0.2) is 0 Å². The largest absolute Gasteiger partial charge is 0.388 e. The smallest absolute Gasteiger partial charge is 0.131 e. The minimum absolute atomic E-state index is 0.0174. The molecule has 0 amide bonds. The standard InChI is InChI=1S/C13H19FO2/c1-9-5-4-6-11(12(9)14)13(15)10(2)7-8-16-3/h4-6,10,13,15H,7-8H2,1-3H3. The molecule has 0 fully saturated rings. The Bertz CT molecular complexity index is 339. The molecule has 3 heteroatoms. The van der Waals surface area contributed by atoms with Gasteiger partial charge in [-0.05, 0) is 24.8 Å². The van der Waals surface area contributed by atoms with E-state index < -0.39 is 6.10 Å². The maximum Gasteiger partial charge on any atom is 0.131 e. The second kappa shape index (κ2) is 5.97. The number of hydrogen-bond donors (Lipinski definition) is 1. The van der Waals surface area contributed by atoms with Gasteiger partial charge in [0.05, 0.1) is 6.10 Å². The molecule has 0 aromatic heterocycles. The molecule has 0 spiro atoms. The predicted octanol–water partition coefficient (Wildman–Crippen LogP) is 2.84. The van der Waals surface area contributed by atoms with Crippen LogP contribution in [0, 0.1) is 18.7 Å². The third-order valence-electron chi connectivity index (χ3n) is 2.86. The van der Waals surface area contributed by atoms with Crippen LogP contribution in [0.1, 0.15) is 30.6 Å². The average molecular weight is 226 g/mol. The summed E-state index contributed by atoms with van der Waals surface area (Å²) < 4.78 is 18.7. The van der Waals surface area contributed by atoms with Crippen molar-refractivity contribution in [3.8, 4) is 0 Å². The second-order valence-electron chi connectivity index (χ2n) is 4.18. The molecule has 1 rings (SSSR count). The van der Waals surface area contributed by atoms with E-state index in [1.54, 1.807) is 32.2 Å². The van der Waals surface area contributed by atoms with Crippen LogP contribution in [0.3, 0.4) is 0 Å². The molecule has 0 heterocycles. The minimum Gasteiger partial charge on any atom is -0.388 e. The number of benzene rings is 1. The van der Waals surface area contributed by atoms with Gasteiger partial charge in [-0.1, -0.05) is 25.1 Å². The molecule has 2 atom stereocenters. The fourth-order valence-electron chi connectivity index (χ4n) is 1.67. The van der Waals surface area contributed by atoms with Crippen molar-refractivity contribution >= 4 is 0 Å². The Labute approximate surface area is 96.1 Å². The van der Waals surface area contributed by atoms with Gasteiger partial charge in [-0.2, -0.15) is 0 Å². The lowest BCUT2D eigenvalue weighted by Crippen LogP contribution is -2.13. The van der Waals surface area contributed by atoms with Gasteiger partial charge in [-0.25, -0.2) is 4.39 Å². The highest BCUT2D eigenvalue weighted by atomic mass is 19.1. The Hall–Kier alpha value is -0.930. The second-order valence-corrected chi connectivity index (χ2v) is 4.18. The summed E-state index contributed by atoms with van der Waals surface area (Å²) in [4.78, 5) is 0. The summed E-state index contributed by atoms with van der Waals surface area (Å²) in [5.74, 6) is -0.324. The lowest BCUT2D eigenvalue weighted by molar-refractivity contribution is 0.0858. The van der Waals surface area contributed by atoms with Gasteiger partial charge in [-0.3, -0.25) is 0 Å². The van der Waals surface area contributed by atoms with E-state index in [9.17, 15) is 9.50 Å². The quantitative estimate of drug-likeness (QED) is 0.836. The Morgan fingerprint density at radius 3 is 2.75 bits per heavy atom. The third kappa shape index (κ3) is 3.03. The van der Waals surface area contributed by atoms with E-state index in [2.05, 4.69) is 0 Å². The van der Waals surface area contributed by atoms with Crippen LogP contribution < -0.4 is 0 Å².